The Morgan fingerprint density at radius 1 is 1.13 bits per heavy atom. The summed E-state index contributed by atoms with van der Waals surface area (Å²) in [5, 5.41) is 2.77. The smallest absolute Gasteiger partial charge is 0.340 e. The van der Waals surface area contributed by atoms with Gasteiger partial charge >= 0.3 is 11.9 Å². The monoisotopic (exact) mass is 408 g/mol. The van der Waals surface area contributed by atoms with Crippen molar-refractivity contribution in [3.05, 3.63) is 65.2 Å². The lowest BCUT2D eigenvalue weighted by Crippen LogP contribution is -2.43. The zero-order chi connectivity index (χ0) is 21.3. The van der Waals surface area contributed by atoms with E-state index in [-0.39, 0.29) is 24.8 Å². The van der Waals surface area contributed by atoms with E-state index in [9.17, 15) is 19.2 Å². The number of likely N-dealkylation sites (tertiary alicyclic amines) is 1. The fourth-order valence-corrected chi connectivity index (χ4v) is 3.72. The Bertz CT molecular complexity index is 1020. The summed E-state index contributed by atoms with van der Waals surface area (Å²) < 4.78 is 10.4. The zero-order valence-corrected chi connectivity index (χ0v) is 16.3. The second kappa shape index (κ2) is 7.98. The van der Waals surface area contributed by atoms with Gasteiger partial charge in [0.15, 0.2) is 0 Å². The van der Waals surface area contributed by atoms with Gasteiger partial charge in [-0.3, -0.25) is 14.5 Å². The standard InChI is InChI=1S/C22H20N2O6/c1-2-29-21(27)13-7-9-14(10-8-13)23-19(26)17-11-12-18(25)24(17)20-15-5-3-4-6-16(15)22(28)30-20/h3-10,17,20H,2,11-12H2,1H3,(H,23,26)/t17-,20-/m1/s1. The van der Waals surface area contributed by atoms with Crippen LogP contribution in [0.15, 0.2) is 48.5 Å². The number of fused-ring (bicyclic) bond motifs is 1. The minimum Gasteiger partial charge on any atom is -0.462 e. The van der Waals surface area contributed by atoms with Crippen LogP contribution in [-0.2, 0) is 19.1 Å². The predicted molar refractivity (Wildman–Crippen MR) is 105 cm³/mol. The average Bonchev–Trinajstić information content (AvgIpc) is 3.29. The molecule has 2 aliphatic heterocycles. The Labute approximate surface area is 172 Å². The quantitative estimate of drug-likeness (QED) is 0.763. The molecule has 2 aromatic rings. The lowest BCUT2D eigenvalue weighted by atomic mass is 10.1. The van der Waals surface area contributed by atoms with Crippen molar-refractivity contribution in [2.75, 3.05) is 11.9 Å². The van der Waals surface area contributed by atoms with E-state index in [0.717, 1.165) is 0 Å². The molecule has 30 heavy (non-hydrogen) atoms. The third-order valence-electron chi connectivity index (χ3n) is 5.14. The number of carbonyl (C=O) groups excluding carboxylic acids is 4. The van der Waals surface area contributed by atoms with Crippen LogP contribution >= 0.6 is 0 Å². The number of hydrogen-bond acceptors (Lipinski definition) is 6. The van der Waals surface area contributed by atoms with Crippen LogP contribution < -0.4 is 5.32 Å². The molecule has 0 spiro atoms. The van der Waals surface area contributed by atoms with Crippen LogP contribution in [0, 0.1) is 0 Å². The van der Waals surface area contributed by atoms with Gasteiger partial charge in [0.2, 0.25) is 18.0 Å². The van der Waals surface area contributed by atoms with Gasteiger partial charge in [-0.25, -0.2) is 9.59 Å². The van der Waals surface area contributed by atoms with Gasteiger partial charge in [-0.05, 0) is 43.7 Å². The third kappa shape index (κ3) is 3.52. The highest BCUT2D eigenvalue weighted by atomic mass is 16.6. The first kappa shape index (κ1) is 19.6. The fraction of sp³-hybridized carbons (Fsp3) is 0.273. The van der Waals surface area contributed by atoms with Crippen molar-refractivity contribution >= 4 is 29.4 Å². The lowest BCUT2D eigenvalue weighted by molar-refractivity contribution is -0.144. The van der Waals surface area contributed by atoms with Gasteiger partial charge in [-0.2, -0.15) is 0 Å². The van der Waals surface area contributed by atoms with Crippen molar-refractivity contribution in [3.63, 3.8) is 0 Å². The number of esters is 2. The predicted octanol–water partition coefficient (Wildman–Crippen LogP) is 2.66. The van der Waals surface area contributed by atoms with Crippen LogP contribution in [0.25, 0.3) is 0 Å². The van der Waals surface area contributed by atoms with Crippen LogP contribution in [0.1, 0.15) is 52.3 Å². The maximum Gasteiger partial charge on any atom is 0.340 e. The molecule has 154 valence electrons. The lowest BCUT2D eigenvalue weighted by Gasteiger charge is -2.29. The molecule has 1 fully saturated rings. The molecule has 2 heterocycles. The summed E-state index contributed by atoms with van der Waals surface area (Å²) in [4.78, 5) is 50.7. The SMILES string of the molecule is CCOC(=O)c1ccc(NC(=O)[C@H]2CCC(=O)N2[C@@H]2OC(=O)c3ccccc32)cc1. The first-order chi connectivity index (χ1) is 14.5. The van der Waals surface area contributed by atoms with Crippen LogP contribution in [0.2, 0.25) is 0 Å². The van der Waals surface area contributed by atoms with Crippen molar-refractivity contribution in [1.29, 1.82) is 0 Å². The molecule has 0 unspecified atom stereocenters. The molecule has 0 aliphatic carbocycles. The maximum atomic E-state index is 12.9. The number of rotatable bonds is 5. The number of amides is 2. The molecule has 2 amide bonds. The highest BCUT2D eigenvalue weighted by molar-refractivity contribution is 6.00. The molecule has 1 N–H and O–H groups in total. The van der Waals surface area contributed by atoms with Crippen molar-refractivity contribution in [2.24, 2.45) is 0 Å². The molecule has 4 rings (SSSR count). The number of benzene rings is 2. The first-order valence-electron chi connectivity index (χ1n) is 9.68. The fourth-order valence-electron chi connectivity index (χ4n) is 3.72. The molecule has 0 bridgehead atoms. The van der Waals surface area contributed by atoms with Crippen LogP contribution in [0.4, 0.5) is 5.69 Å². The van der Waals surface area contributed by atoms with Gasteiger partial charge in [-0.15, -0.1) is 0 Å². The van der Waals surface area contributed by atoms with Crippen molar-refractivity contribution in [3.8, 4) is 0 Å². The number of ether oxygens (including phenoxy) is 2. The van der Waals surface area contributed by atoms with E-state index in [1.807, 2.05) is 0 Å². The molecule has 2 atom stereocenters. The van der Waals surface area contributed by atoms with Gasteiger partial charge < -0.3 is 14.8 Å². The molecule has 0 radical (unpaired) electrons. The molecule has 2 aromatic carbocycles. The van der Waals surface area contributed by atoms with Crippen molar-refractivity contribution in [1.82, 2.24) is 4.90 Å². The number of cyclic esters (lactones) is 1. The second-order valence-electron chi connectivity index (χ2n) is 6.99. The largest absolute Gasteiger partial charge is 0.462 e. The average molecular weight is 408 g/mol. The zero-order valence-electron chi connectivity index (χ0n) is 16.3. The Morgan fingerprint density at radius 3 is 2.60 bits per heavy atom. The molecular formula is C22H20N2O6. The van der Waals surface area contributed by atoms with E-state index < -0.39 is 24.2 Å². The molecule has 8 heteroatoms. The van der Waals surface area contributed by atoms with Crippen LogP contribution in [-0.4, -0.2) is 41.3 Å². The van der Waals surface area contributed by atoms with Gasteiger partial charge in [0.05, 0.1) is 17.7 Å². The van der Waals surface area contributed by atoms with E-state index in [1.165, 1.54) is 4.90 Å². The van der Waals surface area contributed by atoms with E-state index >= 15 is 0 Å². The second-order valence-corrected chi connectivity index (χ2v) is 6.99. The Morgan fingerprint density at radius 2 is 1.87 bits per heavy atom. The van der Waals surface area contributed by atoms with Crippen LogP contribution in [0.5, 0.6) is 0 Å². The van der Waals surface area contributed by atoms with Crippen molar-refractivity contribution in [2.45, 2.75) is 32.0 Å². The van der Waals surface area contributed by atoms with Crippen molar-refractivity contribution < 1.29 is 28.7 Å². The molecule has 0 aromatic heterocycles. The summed E-state index contributed by atoms with van der Waals surface area (Å²) in [5.74, 6) is -1.58. The Hall–Kier alpha value is -3.68. The third-order valence-corrected chi connectivity index (χ3v) is 5.14. The normalized spacial score (nSPS) is 20.0. The first-order valence-corrected chi connectivity index (χ1v) is 9.68. The number of carbonyl (C=O) groups is 4. The van der Waals surface area contributed by atoms with E-state index in [0.29, 0.717) is 28.8 Å². The number of nitrogens with zero attached hydrogens (tertiary/aromatic N) is 1. The minimum atomic E-state index is -0.911. The Kier molecular flexibility index (Phi) is 5.22. The van der Waals surface area contributed by atoms with E-state index in [2.05, 4.69) is 5.32 Å². The number of nitrogens with one attached hydrogen (secondary N) is 1. The molecule has 8 nitrogen and oxygen atoms in total. The maximum absolute atomic E-state index is 12.9. The highest BCUT2D eigenvalue weighted by Crippen LogP contribution is 2.38. The Balaban J connectivity index is 1.51. The highest BCUT2D eigenvalue weighted by Gasteiger charge is 2.46. The molecule has 1 saturated heterocycles. The van der Waals surface area contributed by atoms with Gasteiger partial charge in [0, 0.05) is 17.7 Å². The van der Waals surface area contributed by atoms with E-state index in [1.54, 1.807) is 55.5 Å². The molecular weight excluding hydrogens is 388 g/mol. The topological polar surface area (TPSA) is 102 Å². The van der Waals surface area contributed by atoms with Gasteiger partial charge in [-0.1, -0.05) is 18.2 Å². The van der Waals surface area contributed by atoms with E-state index in [4.69, 9.17) is 9.47 Å². The van der Waals surface area contributed by atoms with Gasteiger partial charge in [0.1, 0.15) is 6.04 Å². The molecule has 0 saturated carbocycles. The summed E-state index contributed by atoms with van der Waals surface area (Å²) >= 11 is 0. The summed E-state index contributed by atoms with van der Waals surface area (Å²) in [6.45, 7) is 2.00. The summed E-state index contributed by atoms with van der Waals surface area (Å²) in [6.07, 6.45) is -0.400. The summed E-state index contributed by atoms with van der Waals surface area (Å²) in [6, 6.07) is 12.4. The summed E-state index contributed by atoms with van der Waals surface area (Å²) in [5.41, 5.74) is 1.84. The van der Waals surface area contributed by atoms with Gasteiger partial charge in [0.25, 0.3) is 0 Å². The molecule has 2 aliphatic rings. The summed E-state index contributed by atoms with van der Waals surface area (Å²) in [7, 11) is 0. The minimum absolute atomic E-state index is 0.191. The number of hydrogen-bond donors (Lipinski definition) is 1. The van der Waals surface area contributed by atoms with Crippen LogP contribution in [0.3, 0.4) is 0 Å². The number of anilines is 1.